The minimum Gasteiger partial charge on any atom is -0.315 e. The fraction of sp³-hybridized carbons (Fsp3) is 0.261. The molecule has 148 valence electrons. The van der Waals surface area contributed by atoms with Crippen molar-refractivity contribution < 1.29 is 0 Å². The summed E-state index contributed by atoms with van der Waals surface area (Å²) in [5, 5.41) is 0.957. The fourth-order valence-electron chi connectivity index (χ4n) is 3.54. The molecule has 0 amide bonds. The molecule has 0 aliphatic carbocycles. The van der Waals surface area contributed by atoms with E-state index in [0.29, 0.717) is 34.9 Å². The number of aromatic nitrogens is 3. The molecule has 6 heteroatoms. The molecule has 0 aliphatic heterocycles. The zero-order valence-electron chi connectivity index (χ0n) is 16.7. The first-order chi connectivity index (χ1) is 14.0. The van der Waals surface area contributed by atoms with Gasteiger partial charge in [0.1, 0.15) is 0 Å². The molecule has 3 heterocycles. The third-order valence-electron chi connectivity index (χ3n) is 5.09. The first kappa shape index (κ1) is 19.1. The molecular weight excluding hydrogens is 364 g/mol. The normalized spacial score (nSPS) is 11.6. The number of hydrogen-bond acceptors (Lipinski definition) is 4. The van der Waals surface area contributed by atoms with E-state index in [1.807, 2.05) is 56.6 Å². The van der Waals surface area contributed by atoms with Crippen molar-refractivity contribution in [3.63, 3.8) is 0 Å². The molecule has 0 radical (unpaired) electrons. The highest BCUT2D eigenvalue weighted by Gasteiger charge is 2.10. The van der Waals surface area contributed by atoms with Crippen LogP contribution in [0.3, 0.4) is 0 Å². The predicted molar refractivity (Wildman–Crippen MR) is 116 cm³/mol. The Bertz CT molecular complexity index is 1270. The van der Waals surface area contributed by atoms with Crippen LogP contribution >= 0.6 is 0 Å². The number of benzene rings is 1. The lowest BCUT2D eigenvalue weighted by atomic mass is 10.1. The predicted octanol–water partition coefficient (Wildman–Crippen LogP) is 2.71. The highest BCUT2D eigenvalue weighted by Crippen LogP contribution is 2.15. The number of aryl methyl sites for hydroxylation is 1. The number of fused-ring (bicyclic) bond motifs is 2. The summed E-state index contributed by atoms with van der Waals surface area (Å²) in [6.07, 6.45) is 4.43. The van der Waals surface area contributed by atoms with Crippen molar-refractivity contribution in [2.24, 2.45) is 0 Å². The zero-order chi connectivity index (χ0) is 20.4. The second-order valence-electron chi connectivity index (χ2n) is 7.56. The highest BCUT2D eigenvalue weighted by atomic mass is 16.1. The Labute approximate surface area is 168 Å². The van der Waals surface area contributed by atoms with Gasteiger partial charge in [-0.05, 0) is 50.8 Å². The number of hydrogen-bond donors (Lipinski definition) is 0. The van der Waals surface area contributed by atoms with Crippen LogP contribution in [0.4, 0.5) is 0 Å². The molecule has 0 N–H and O–H groups in total. The highest BCUT2D eigenvalue weighted by molar-refractivity contribution is 5.91. The molecule has 1 aromatic carbocycles. The molecule has 0 aliphatic rings. The van der Waals surface area contributed by atoms with Crippen molar-refractivity contribution in [1.82, 2.24) is 19.0 Å². The van der Waals surface area contributed by atoms with E-state index >= 15 is 0 Å². The minimum atomic E-state index is -0.136. The van der Waals surface area contributed by atoms with Crippen LogP contribution < -0.4 is 11.1 Å². The summed E-state index contributed by atoms with van der Waals surface area (Å²) in [4.78, 5) is 32.6. The van der Waals surface area contributed by atoms with Gasteiger partial charge in [-0.1, -0.05) is 30.3 Å². The first-order valence-corrected chi connectivity index (χ1v) is 9.75. The van der Waals surface area contributed by atoms with Crippen molar-refractivity contribution in [2.75, 3.05) is 20.6 Å². The maximum atomic E-state index is 13.0. The first-order valence-electron chi connectivity index (χ1n) is 9.75. The average Bonchev–Trinajstić information content (AvgIpc) is 2.72. The van der Waals surface area contributed by atoms with E-state index in [0.717, 1.165) is 18.5 Å². The zero-order valence-corrected chi connectivity index (χ0v) is 16.7. The summed E-state index contributed by atoms with van der Waals surface area (Å²) in [5.74, 6) is 0. The van der Waals surface area contributed by atoms with E-state index < -0.39 is 0 Å². The van der Waals surface area contributed by atoms with E-state index in [1.165, 1.54) is 0 Å². The lowest BCUT2D eigenvalue weighted by Gasteiger charge is -2.11. The topological polar surface area (TPSA) is 60.1 Å². The van der Waals surface area contributed by atoms with E-state index in [-0.39, 0.29) is 11.1 Å². The van der Waals surface area contributed by atoms with Gasteiger partial charge in [0.2, 0.25) is 0 Å². The smallest absolute Gasteiger partial charge is 0.260 e. The molecule has 29 heavy (non-hydrogen) atoms. The van der Waals surface area contributed by atoms with Crippen LogP contribution in [0.1, 0.15) is 12.0 Å². The maximum absolute atomic E-state index is 13.0. The molecule has 0 saturated heterocycles. The van der Waals surface area contributed by atoms with Crippen LogP contribution in [0, 0.1) is 0 Å². The van der Waals surface area contributed by atoms with Crippen LogP contribution in [0.15, 0.2) is 70.5 Å². The van der Waals surface area contributed by atoms with Crippen LogP contribution in [0.2, 0.25) is 0 Å². The molecule has 0 bridgehead atoms. The Balaban J connectivity index is 1.76. The van der Waals surface area contributed by atoms with Crippen molar-refractivity contribution in [3.8, 4) is 0 Å². The SMILES string of the molecule is CN(C)CCCn1ccc2nc3ccn(Cc4ccccc4)c(=O)c3cc2c1=O. The average molecular weight is 388 g/mol. The largest absolute Gasteiger partial charge is 0.315 e. The van der Waals surface area contributed by atoms with Crippen LogP contribution in [-0.4, -0.2) is 39.7 Å². The Morgan fingerprint density at radius 2 is 1.48 bits per heavy atom. The molecule has 4 rings (SSSR count). The Hall–Kier alpha value is -3.25. The summed E-state index contributed by atoms with van der Waals surface area (Å²) in [5.41, 5.74) is 2.03. The number of nitrogens with zero attached hydrogens (tertiary/aromatic N) is 4. The van der Waals surface area contributed by atoms with Gasteiger partial charge in [-0.15, -0.1) is 0 Å². The number of pyridine rings is 3. The summed E-state index contributed by atoms with van der Waals surface area (Å²) in [7, 11) is 4.03. The quantitative estimate of drug-likeness (QED) is 0.477. The van der Waals surface area contributed by atoms with Gasteiger partial charge in [-0.2, -0.15) is 0 Å². The fourth-order valence-corrected chi connectivity index (χ4v) is 3.54. The minimum absolute atomic E-state index is 0.103. The van der Waals surface area contributed by atoms with E-state index in [2.05, 4.69) is 9.88 Å². The van der Waals surface area contributed by atoms with E-state index in [4.69, 9.17) is 0 Å². The van der Waals surface area contributed by atoms with Crippen molar-refractivity contribution in [1.29, 1.82) is 0 Å². The molecule has 0 spiro atoms. The Morgan fingerprint density at radius 1 is 0.862 bits per heavy atom. The summed E-state index contributed by atoms with van der Waals surface area (Å²) in [6, 6.07) is 15.2. The summed E-state index contributed by atoms with van der Waals surface area (Å²) in [6.45, 7) is 2.03. The maximum Gasteiger partial charge on any atom is 0.260 e. The van der Waals surface area contributed by atoms with Crippen molar-refractivity contribution in [2.45, 2.75) is 19.5 Å². The Kier molecular flexibility index (Phi) is 5.27. The van der Waals surface area contributed by atoms with E-state index in [9.17, 15) is 9.59 Å². The number of rotatable bonds is 6. The Morgan fingerprint density at radius 3 is 2.14 bits per heavy atom. The van der Waals surface area contributed by atoms with Gasteiger partial charge in [0.15, 0.2) is 0 Å². The van der Waals surface area contributed by atoms with E-state index in [1.54, 1.807) is 27.6 Å². The van der Waals surface area contributed by atoms with Gasteiger partial charge in [0, 0.05) is 18.9 Å². The van der Waals surface area contributed by atoms with Crippen molar-refractivity contribution >= 4 is 21.8 Å². The summed E-state index contributed by atoms with van der Waals surface area (Å²) >= 11 is 0. The monoisotopic (exact) mass is 388 g/mol. The van der Waals surface area contributed by atoms with Gasteiger partial charge in [-0.3, -0.25) is 9.59 Å². The third-order valence-corrected chi connectivity index (χ3v) is 5.09. The molecule has 0 saturated carbocycles. The van der Waals surface area contributed by atoms with Crippen molar-refractivity contribution in [3.05, 3.63) is 87.2 Å². The molecule has 3 aromatic heterocycles. The molecular formula is C23H24N4O2. The van der Waals surface area contributed by atoms with Gasteiger partial charge in [0.05, 0.1) is 28.4 Å². The second kappa shape index (κ2) is 8.01. The standard InChI is InChI=1S/C23H24N4O2/c1-25(2)11-6-12-26-13-9-20-18(22(26)28)15-19-21(24-20)10-14-27(23(19)29)16-17-7-4-3-5-8-17/h3-5,7-10,13-15H,6,11-12,16H2,1-2H3. The van der Waals surface area contributed by atoms with Gasteiger partial charge < -0.3 is 14.0 Å². The molecule has 0 unspecified atom stereocenters. The van der Waals surface area contributed by atoms with Crippen LogP contribution in [0.25, 0.3) is 21.8 Å². The van der Waals surface area contributed by atoms with Crippen LogP contribution in [0.5, 0.6) is 0 Å². The lowest BCUT2D eigenvalue weighted by Crippen LogP contribution is -2.24. The second-order valence-corrected chi connectivity index (χ2v) is 7.56. The lowest BCUT2D eigenvalue weighted by molar-refractivity contribution is 0.385. The molecule has 0 fully saturated rings. The van der Waals surface area contributed by atoms with Crippen LogP contribution in [-0.2, 0) is 13.1 Å². The van der Waals surface area contributed by atoms with Gasteiger partial charge in [-0.25, -0.2) is 4.98 Å². The summed E-state index contributed by atoms with van der Waals surface area (Å²) < 4.78 is 3.36. The van der Waals surface area contributed by atoms with Gasteiger partial charge >= 0.3 is 0 Å². The molecule has 6 nitrogen and oxygen atoms in total. The molecule has 0 atom stereocenters. The molecule has 4 aromatic rings. The van der Waals surface area contributed by atoms with Gasteiger partial charge in [0.25, 0.3) is 11.1 Å². The third kappa shape index (κ3) is 3.98.